The Morgan fingerprint density at radius 2 is 1.57 bits per heavy atom. The molecular formula is C28H53N2O6P. The zero-order chi connectivity index (χ0) is 28.0. The maximum Gasteiger partial charge on any atom is 0.268 e. The number of allylic oxidation sites excluding steroid dienone is 5. The molecule has 0 aliphatic heterocycles. The summed E-state index contributed by atoms with van der Waals surface area (Å²) in [6.45, 7) is 4.25. The van der Waals surface area contributed by atoms with Crippen molar-refractivity contribution in [1.29, 1.82) is 0 Å². The lowest BCUT2D eigenvalue weighted by molar-refractivity contribution is -0.870. The maximum atomic E-state index is 12.5. The van der Waals surface area contributed by atoms with Crippen LogP contribution in [0.2, 0.25) is 0 Å². The number of aliphatic hydroxyl groups excluding tert-OH is 1. The summed E-state index contributed by atoms with van der Waals surface area (Å²) < 4.78 is 22.7. The summed E-state index contributed by atoms with van der Waals surface area (Å²) >= 11 is 0. The number of nitrogens with one attached hydrogen (secondary N) is 1. The first-order valence-corrected chi connectivity index (χ1v) is 15.3. The molecule has 0 aliphatic rings. The second kappa shape index (κ2) is 21.6. The van der Waals surface area contributed by atoms with Gasteiger partial charge in [-0.3, -0.25) is 9.36 Å². The molecule has 3 unspecified atom stereocenters. The predicted octanol–water partition coefficient (Wildman–Crippen LogP) is 5.04. The fourth-order valence-corrected chi connectivity index (χ4v) is 4.09. The van der Waals surface area contributed by atoms with Gasteiger partial charge in [0.05, 0.1) is 39.9 Å². The highest BCUT2D eigenvalue weighted by Gasteiger charge is 2.23. The molecule has 1 amide bonds. The Kier molecular flexibility index (Phi) is 20.9. The summed E-state index contributed by atoms with van der Waals surface area (Å²) in [5.41, 5.74) is 0. The van der Waals surface area contributed by atoms with Crippen LogP contribution in [0.4, 0.5) is 0 Å². The van der Waals surface area contributed by atoms with Gasteiger partial charge in [-0.15, -0.1) is 0 Å². The van der Waals surface area contributed by atoms with Gasteiger partial charge in [-0.2, -0.15) is 0 Å². The number of aliphatic hydroxyl groups is 1. The first-order chi connectivity index (χ1) is 17.5. The Morgan fingerprint density at radius 1 is 0.973 bits per heavy atom. The minimum atomic E-state index is -4.57. The highest BCUT2D eigenvalue weighted by molar-refractivity contribution is 7.45. The van der Waals surface area contributed by atoms with Gasteiger partial charge in [0, 0.05) is 6.42 Å². The number of hydrogen-bond acceptors (Lipinski definition) is 6. The average molecular weight is 545 g/mol. The minimum absolute atomic E-state index is 0.00988. The molecule has 0 saturated heterocycles. The largest absolute Gasteiger partial charge is 0.756 e. The fraction of sp³-hybridized carbons (Fsp3) is 0.750. The van der Waals surface area contributed by atoms with E-state index in [-0.39, 0.29) is 12.5 Å². The number of unbranched alkanes of at least 4 members (excludes halogenated alkanes) is 7. The fourth-order valence-electron chi connectivity index (χ4n) is 3.36. The van der Waals surface area contributed by atoms with Crippen LogP contribution < -0.4 is 10.2 Å². The zero-order valence-electron chi connectivity index (χ0n) is 23.9. The first-order valence-electron chi connectivity index (χ1n) is 13.8. The molecule has 216 valence electrons. The van der Waals surface area contributed by atoms with Gasteiger partial charge in [0.1, 0.15) is 13.2 Å². The van der Waals surface area contributed by atoms with E-state index in [1.807, 2.05) is 40.2 Å². The molecule has 37 heavy (non-hydrogen) atoms. The smallest absolute Gasteiger partial charge is 0.268 e. The van der Waals surface area contributed by atoms with Crippen molar-refractivity contribution in [2.45, 2.75) is 96.6 Å². The molecule has 0 aliphatic carbocycles. The third-order valence-corrected chi connectivity index (χ3v) is 6.64. The number of carbonyl (C=O) groups is 1. The second-order valence-corrected chi connectivity index (χ2v) is 11.8. The van der Waals surface area contributed by atoms with E-state index >= 15 is 0 Å². The molecule has 0 aromatic rings. The van der Waals surface area contributed by atoms with Crippen LogP contribution in [0.5, 0.6) is 0 Å². The summed E-state index contributed by atoms with van der Waals surface area (Å²) in [5.74, 6) is -0.229. The zero-order valence-corrected chi connectivity index (χ0v) is 24.8. The molecule has 2 N–H and O–H groups in total. The Bertz CT molecular complexity index is 718. The number of phosphoric acid groups is 1. The molecule has 0 aromatic heterocycles. The summed E-state index contributed by atoms with van der Waals surface area (Å²) in [4.78, 5) is 24.7. The third-order valence-electron chi connectivity index (χ3n) is 5.68. The molecule has 0 bridgehead atoms. The summed E-state index contributed by atoms with van der Waals surface area (Å²) in [7, 11) is 1.22. The van der Waals surface area contributed by atoms with Crippen LogP contribution in [0.25, 0.3) is 0 Å². The van der Waals surface area contributed by atoms with Crippen LogP contribution >= 0.6 is 7.82 Å². The quantitative estimate of drug-likeness (QED) is 0.0808. The van der Waals surface area contributed by atoms with Crippen molar-refractivity contribution in [3.8, 4) is 0 Å². The number of carbonyl (C=O) groups excluding carboxylic acids is 1. The van der Waals surface area contributed by atoms with Gasteiger partial charge in [-0.25, -0.2) is 0 Å². The Hall–Kier alpha value is -1.28. The third kappa shape index (κ3) is 23.6. The lowest BCUT2D eigenvalue weighted by atomic mass is 10.1. The SMILES string of the molecule is C/C=C/CC/C=C/CC/C=C/C(O)C(COP(=O)([O-])OCC[N+](C)(C)C)NC(=O)CCCCCCCC. The highest BCUT2D eigenvalue weighted by Crippen LogP contribution is 2.38. The summed E-state index contributed by atoms with van der Waals surface area (Å²) in [6.07, 6.45) is 21.0. The molecule has 0 radical (unpaired) electrons. The molecule has 8 nitrogen and oxygen atoms in total. The van der Waals surface area contributed by atoms with Gasteiger partial charge < -0.3 is 28.8 Å². The van der Waals surface area contributed by atoms with E-state index in [4.69, 9.17) is 9.05 Å². The van der Waals surface area contributed by atoms with E-state index in [2.05, 4.69) is 30.5 Å². The highest BCUT2D eigenvalue weighted by atomic mass is 31.2. The van der Waals surface area contributed by atoms with Crippen molar-refractivity contribution < 1.29 is 32.9 Å². The first kappa shape index (κ1) is 35.7. The Labute approximate surface area is 226 Å². The van der Waals surface area contributed by atoms with Gasteiger partial charge in [0.2, 0.25) is 5.91 Å². The van der Waals surface area contributed by atoms with Crippen molar-refractivity contribution in [2.24, 2.45) is 0 Å². The van der Waals surface area contributed by atoms with E-state index in [0.29, 0.717) is 17.4 Å². The van der Waals surface area contributed by atoms with Crippen LogP contribution in [0.15, 0.2) is 36.5 Å². The molecular weight excluding hydrogens is 491 g/mol. The predicted molar refractivity (Wildman–Crippen MR) is 150 cm³/mol. The van der Waals surface area contributed by atoms with Gasteiger partial charge in [0.15, 0.2) is 0 Å². The number of phosphoric ester groups is 1. The van der Waals surface area contributed by atoms with Crippen LogP contribution in [0.1, 0.15) is 84.5 Å². The number of quaternary nitrogens is 1. The normalized spacial score (nSPS) is 16.0. The van der Waals surface area contributed by atoms with Crippen LogP contribution in [-0.4, -0.2) is 68.5 Å². The monoisotopic (exact) mass is 544 g/mol. The molecule has 9 heteroatoms. The molecule has 0 heterocycles. The number of likely N-dealkylation sites (N-methyl/N-ethyl adjacent to an activating group) is 1. The van der Waals surface area contributed by atoms with Crippen molar-refractivity contribution >= 4 is 13.7 Å². The summed E-state index contributed by atoms with van der Waals surface area (Å²) in [6, 6.07) is -0.899. The van der Waals surface area contributed by atoms with E-state index in [0.717, 1.165) is 51.4 Å². The van der Waals surface area contributed by atoms with Crippen LogP contribution in [-0.2, 0) is 18.4 Å². The van der Waals surface area contributed by atoms with E-state index < -0.39 is 26.6 Å². The van der Waals surface area contributed by atoms with Gasteiger partial charge in [-0.1, -0.05) is 75.5 Å². The number of rotatable bonds is 23. The lowest BCUT2D eigenvalue weighted by Crippen LogP contribution is -2.45. The molecule has 0 spiro atoms. The summed E-state index contributed by atoms with van der Waals surface area (Å²) in [5, 5.41) is 13.4. The van der Waals surface area contributed by atoms with Gasteiger partial charge >= 0.3 is 0 Å². The lowest BCUT2D eigenvalue weighted by Gasteiger charge is -2.29. The van der Waals surface area contributed by atoms with E-state index in [1.165, 1.54) is 12.8 Å². The molecule has 0 aromatic carbocycles. The minimum Gasteiger partial charge on any atom is -0.756 e. The van der Waals surface area contributed by atoms with Gasteiger partial charge in [0.25, 0.3) is 7.82 Å². The van der Waals surface area contributed by atoms with E-state index in [1.54, 1.807) is 6.08 Å². The maximum absolute atomic E-state index is 12.5. The van der Waals surface area contributed by atoms with Crippen molar-refractivity contribution in [1.82, 2.24) is 5.32 Å². The van der Waals surface area contributed by atoms with Crippen LogP contribution in [0.3, 0.4) is 0 Å². The van der Waals surface area contributed by atoms with Crippen molar-refractivity contribution in [3.63, 3.8) is 0 Å². The van der Waals surface area contributed by atoms with Gasteiger partial charge in [-0.05, 0) is 39.0 Å². The van der Waals surface area contributed by atoms with E-state index in [9.17, 15) is 19.4 Å². The van der Waals surface area contributed by atoms with Crippen molar-refractivity contribution in [2.75, 3.05) is 40.9 Å². The molecule has 0 fully saturated rings. The number of nitrogens with zero attached hydrogens (tertiary/aromatic N) is 1. The molecule has 0 rings (SSSR count). The average Bonchev–Trinajstić information content (AvgIpc) is 2.81. The Balaban J connectivity index is 4.82. The topological polar surface area (TPSA) is 108 Å². The number of hydrogen-bond donors (Lipinski definition) is 2. The molecule has 3 atom stereocenters. The Morgan fingerprint density at radius 3 is 2.19 bits per heavy atom. The second-order valence-electron chi connectivity index (χ2n) is 10.4. The standard InChI is InChI=1S/C28H53N2O6P/c1-6-8-10-12-14-15-16-17-19-21-27(31)26(29-28(32)22-20-18-13-11-9-7-2)25-36-37(33,34)35-24-23-30(3,4)5/h6,8,14-15,19,21,26-27,31H,7,9-13,16-18,20,22-25H2,1-5H3,(H-,29,32,33,34)/b8-6+,15-14+,21-19+. The van der Waals surface area contributed by atoms with Crippen molar-refractivity contribution in [3.05, 3.63) is 36.5 Å². The van der Waals surface area contributed by atoms with Crippen LogP contribution in [0, 0.1) is 0 Å². The molecule has 0 saturated carbocycles. The number of amides is 1.